The maximum atomic E-state index is 13.9. The van der Waals surface area contributed by atoms with Crippen LogP contribution in [0.5, 0.6) is 0 Å². The van der Waals surface area contributed by atoms with Crippen LogP contribution >= 0.6 is 0 Å². The molecule has 2 atom stereocenters. The first-order valence-corrected chi connectivity index (χ1v) is 11.7. The highest BCUT2D eigenvalue weighted by molar-refractivity contribution is 7.89. The first kappa shape index (κ1) is 26.5. The number of sulfonamides is 1. The Morgan fingerprint density at radius 2 is 1.58 bits per heavy atom. The molecule has 0 bridgehead atoms. The van der Waals surface area contributed by atoms with Gasteiger partial charge >= 0.3 is 6.18 Å². The van der Waals surface area contributed by atoms with E-state index in [9.17, 15) is 26.4 Å². The van der Waals surface area contributed by atoms with Gasteiger partial charge in [-0.3, -0.25) is 10.1 Å². The van der Waals surface area contributed by atoms with E-state index in [2.05, 4.69) is 10.6 Å². The first-order valence-electron chi connectivity index (χ1n) is 10.2. The normalized spacial score (nSPS) is 14.0. The van der Waals surface area contributed by atoms with Crippen molar-refractivity contribution in [2.45, 2.75) is 43.4 Å². The van der Waals surface area contributed by atoms with Crippen molar-refractivity contribution >= 4 is 22.1 Å². The van der Waals surface area contributed by atoms with Gasteiger partial charge < -0.3 is 10.7 Å². The largest absolute Gasteiger partial charge is 0.407 e. The number of alkyl halides is 3. The van der Waals surface area contributed by atoms with Crippen LogP contribution in [0, 0.1) is 11.3 Å². The van der Waals surface area contributed by atoms with E-state index in [0.29, 0.717) is 11.1 Å². The highest BCUT2D eigenvalue weighted by Crippen LogP contribution is 2.34. The minimum atomic E-state index is -4.66. The van der Waals surface area contributed by atoms with Crippen molar-refractivity contribution in [2.75, 3.05) is 6.54 Å². The van der Waals surface area contributed by atoms with E-state index in [1.54, 1.807) is 13.8 Å². The molecule has 2 aromatic carbocycles. The van der Waals surface area contributed by atoms with Crippen LogP contribution in [-0.4, -0.2) is 39.3 Å². The van der Waals surface area contributed by atoms with Crippen LogP contribution in [0.25, 0.3) is 11.1 Å². The van der Waals surface area contributed by atoms with Crippen molar-refractivity contribution in [3.05, 3.63) is 54.1 Å². The van der Waals surface area contributed by atoms with Crippen LogP contribution in [0.2, 0.25) is 0 Å². The SMILES string of the molecule is CC(C)C[C@H](N[C@@H](c1ccc(-c2ccc(S(N)(=O)=O)cc2)cc1)C(F)(F)F)C(=O)NCC=N. The van der Waals surface area contributed by atoms with E-state index >= 15 is 0 Å². The molecule has 0 heterocycles. The highest BCUT2D eigenvalue weighted by Gasteiger charge is 2.42. The molecule has 180 valence electrons. The van der Waals surface area contributed by atoms with Crippen LogP contribution < -0.4 is 15.8 Å². The molecule has 0 aliphatic carbocycles. The number of carbonyl (C=O) groups excluding carboxylic acids is 1. The zero-order chi connectivity index (χ0) is 24.8. The van der Waals surface area contributed by atoms with E-state index in [1.807, 2.05) is 0 Å². The van der Waals surface area contributed by atoms with Gasteiger partial charge in [-0.15, -0.1) is 0 Å². The molecule has 0 aliphatic heterocycles. The Bertz CT molecular complexity index is 1050. The minimum Gasteiger partial charge on any atom is -0.350 e. The van der Waals surface area contributed by atoms with Gasteiger partial charge in [-0.25, -0.2) is 13.6 Å². The van der Waals surface area contributed by atoms with E-state index in [1.165, 1.54) is 48.5 Å². The fourth-order valence-electron chi connectivity index (χ4n) is 3.28. The Morgan fingerprint density at radius 1 is 1.06 bits per heavy atom. The summed E-state index contributed by atoms with van der Waals surface area (Å²) in [6, 6.07) is 8.12. The van der Waals surface area contributed by atoms with Crippen molar-refractivity contribution in [1.82, 2.24) is 10.6 Å². The highest BCUT2D eigenvalue weighted by atomic mass is 32.2. The summed E-state index contributed by atoms with van der Waals surface area (Å²) in [5.41, 5.74) is 1.12. The Kier molecular flexibility index (Phi) is 8.76. The van der Waals surface area contributed by atoms with Gasteiger partial charge in [-0.05, 0) is 41.2 Å². The number of hydrogen-bond acceptors (Lipinski definition) is 5. The van der Waals surface area contributed by atoms with Gasteiger partial charge in [0.25, 0.3) is 0 Å². The number of hydrogen-bond donors (Lipinski definition) is 4. The van der Waals surface area contributed by atoms with Gasteiger partial charge in [-0.2, -0.15) is 13.2 Å². The zero-order valence-electron chi connectivity index (χ0n) is 18.2. The van der Waals surface area contributed by atoms with Crippen molar-refractivity contribution < 1.29 is 26.4 Å². The lowest BCUT2D eigenvalue weighted by Crippen LogP contribution is -2.49. The van der Waals surface area contributed by atoms with Crippen LogP contribution in [0.1, 0.15) is 31.9 Å². The smallest absolute Gasteiger partial charge is 0.350 e. The molecule has 5 N–H and O–H groups in total. The fourth-order valence-corrected chi connectivity index (χ4v) is 3.80. The summed E-state index contributed by atoms with van der Waals surface area (Å²) in [6.45, 7) is 3.54. The molecule has 0 aliphatic rings. The van der Waals surface area contributed by atoms with E-state index < -0.39 is 34.2 Å². The molecule has 1 amide bonds. The maximum absolute atomic E-state index is 13.9. The molecule has 33 heavy (non-hydrogen) atoms. The predicted molar refractivity (Wildman–Crippen MR) is 120 cm³/mol. The molecular formula is C22H27F3N4O3S. The Balaban J connectivity index is 2.30. The second kappa shape index (κ2) is 10.9. The molecule has 0 saturated carbocycles. The van der Waals surface area contributed by atoms with Gasteiger partial charge in [0.15, 0.2) is 0 Å². The van der Waals surface area contributed by atoms with Crippen molar-refractivity contribution in [2.24, 2.45) is 11.1 Å². The molecule has 2 rings (SSSR count). The quantitative estimate of drug-likeness (QED) is 0.386. The topological polar surface area (TPSA) is 125 Å². The van der Waals surface area contributed by atoms with Crippen LogP contribution in [-0.2, 0) is 14.8 Å². The molecule has 11 heteroatoms. The third-order valence-corrected chi connectivity index (χ3v) is 5.79. The third kappa shape index (κ3) is 7.65. The lowest BCUT2D eigenvalue weighted by Gasteiger charge is -2.28. The standard InChI is InChI=1S/C22H27F3N4O3S/c1-14(2)13-19(21(30)28-12-11-26)29-20(22(23,24)25)17-5-3-15(4-6-17)16-7-9-18(10-8-16)33(27,31)32/h3-11,14,19-20,26,29H,12-13H2,1-2H3,(H,28,30)(H2,27,31,32)/t19-,20-/m0/s1. The van der Waals surface area contributed by atoms with Crippen molar-refractivity contribution in [1.29, 1.82) is 5.41 Å². The Hall–Kier alpha value is -2.76. The summed E-state index contributed by atoms with van der Waals surface area (Å²) in [6.07, 6.45) is -3.51. The van der Waals surface area contributed by atoms with Gasteiger partial charge in [0.2, 0.25) is 15.9 Å². The second-order valence-electron chi connectivity index (χ2n) is 7.96. The van der Waals surface area contributed by atoms with Crippen molar-refractivity contribution in [3.63, 3.8) is 0 Å². The van der Waals surface area contributed by atoms with Crippen LogP contribution in [0.4, 0.5) is 13.2 Å². The average Bonchev–Trinajstić information content (AvgIpc) is 2.73. The lowest BCUT2D eigenvalue weighted by atomic mass is 9.97. The summed E-state index contributed by atoms with van der Waals surface area (Å²) in [7, 11) is -3.85. The molecular weight excluding hydrogens is 457 g/mol. The molecule has 0 fully saturated rings. The van der Waals surface area contributed by atoms with E-state index in [0.717, 1.165) is 6.21 Å². The minimum absolute atomic E-state index is 0.0372. The van der Waals surface area contributed by atoms with Crippen LogP contribution in [0.15, 0.2) is 53.4 Å². The van der Waals surface area contributed by atoms with Crippen molar-refractivity contribution in [3.8, 4) is 11.1 Å². The zero-order valence-corrected chi connectivity index (χ0v) is 19.0. The lowest BCUT2D eigenvalue weighted by molar-refractivity contribution is -0.161. The summed E-state index contributed by atoms with van der Waals surface area (Å²) < 4.78 is 64.5. The first-order chi connectivity index (χ1) is 15.3. The monoisotopic (exact) mass is 484 g/mol. The summed E-state index contributed by atoms with van der Waals surface area (Å²) >= 11 is 0. The molecule has 0 saturated heterocycles. The second-order valence-corrected chi connectivity index (χ2v) is 9.53. The summed E-state index contributed by atoms with van der Waals surface area (Å²) in [4.78, 5) is 12.3. The van der Waals surface area contributed by atoms with E-state index in [-0.39, 0.29) is 29.3 Å². The molecule has 0 radical (unpaired) electrons. The maximum Gasteiger partial charge on any atom is 0.407 e. The van der Waals surface area contributed by atoms with Gasteiger partial charge in [-0.1, -0.05) is 50.2 Å². The fraction of sp³-hybridized carbons (Fsp3) is 0.364. The Morgan fingerprint density at radius 3 is 2.00 bits per heavy atom. The number of amides is 1. The molecule has 2 aromatic rings. The number of nitrogens with two attached hydrogens (primary N) is 1. The average molecular weight is 485 g/mol. The number of nitrogens with one attached hydrogen (secondary N) is 3. The van der Waals surface area contributed by atoms with Crippen LogP contribution in [0.3, 0.4) is 0 Å². The predicted octanol–water partition coefficient (Wildman–Crippen LogP) is 3.37. The number of rotatable bonds is 10. The number of benzene rings is 2. The summed E-state index contributed by atoms with van der Waals surface area (Å²) in [5, 5.41) is 17.0. The number of primary sulfonamides is 1. The number of halogens is 3. The Labute approximate surface area is 191 Å². The molecule has 7 nitrogen and oxygen atoms in total. The van der Waals surface area contributed by atoms with E-state index in [4.69, 9.17) is 10.5 Å². The molecule has 0 unspecified atom stereocenters. The molecule has 0 spiro atoms. The van der Waals surface area contributed by atoms with Gasteiger partial charge in [0.1, 0.15) is 6.04 Å². The summed E-state index contributed by atoms with van der Waals surface area (Å²) in [5.74, 6) is -0.641. The molecule has 0 aromatic heterocycles. The van der Waals surface area contributed by atoms with Gasteiger partial charge in [0, 0.05) is 6.21 Å². The third-order valence-electron chi connectivity index (χ3n) is 4.86. The van der Waals surface area contributed by atoms with Gasteiger partial charge in [0.05, 0.1) is 17.5 Å². The number of carbonyl (C=O) groups is 1.